The summed E-state index contributed by atoms with van der Waals surface area (Å²) >= 11 is 9.17. The van der Waals surface area contributed by atoms with Crippen LogP contribution in [0.15, 0.2) is 88.0 Å². The van der Waals surface area contributed by atoms with E-state index in [4.69, 9.17) is 21.7 Å². The van der Waals surface area contributed by atoms with Gasteiger partial charge in [-0.25, -0.2) is 9.18 Å². The highest BCUT2D eigenvalue weighted by Crippen LogP contribution is 2.37. The lowest BCUT2D eigenvalue weighted by molar-refractivity contribution is -0.139. The number of thiocarbonyl (C=S) groups is 1. The van der Waals surface area contributed by atoms with Crippen molar-refractivity contribution >= 4 is 51.2 Å². The van der Waals surface area contributed by atoms with Crippen LogP contribution in [0, 0.1) is 5.82 Å². The van der Waals surface area contributed by atoms with E-state index in [0.29, 0.717) is 39.6 Å². The van der Waals surface area contributed by atoms with Crippen LogP contribution in [0.1, 0.15) is 68.8 Å². The Morgan fingerprint density at radius 1 is 1.12 bits per heavy atom. The van der Waals surface area contributed by atoms with Gasteiger partial charge in [0.25, 0.3) is 5.91 Å². The lowest BCUT2D eigenvalue weighted by Crippen LogP contribution is -2.51. The molecule has 4 rings (SSSR count). The maximum atomic E-state index is 14.2. The Kier molecular flexibility index (Phi) is 10.5. The van der Waals surface area contributed by atoms with E-state index in [9.17, 15) is 14.0 Å². The number of hydrogen-bond acceptors (Lipinski definition) is 5. The molecule has 0 aliphatic carbocycles. The third-order valence-electron chi connectivity index (χ3n) is 7.10. The Labute approximate surface area is 265 Å². The molecule has 0 saturated heterocycles. The van der Waals surface area contributed by atoms with Crippen LogP contribution in [0.3, 0.4) is 0 Å². The first-order chi connectivity index (χ1) is 20.5. The Balaban J connectivity index is 1.73. The molecule has 0 radical (unpaired) electrons. The van der Waals surface area contributed by atoms with Gasteiger partial charge in [-0.05, 0) is 80.4 Å². The van der Waals surface area contributed by atoms with Crippen molar-refractivity contribution in [3.8, 4) is 5.75 Å². The SMILES string of the molecule is CCOC(=O)C1=C(C)NC(=S)N(C(=O)/C(C)=C/c2cc(Br)ccc2OCc2ccccc2F)C1c1ccc(C(C)C)cc1. The number of nitrogens with one attached hydrogen (secondary N) is 1. The average molecular weight is 666 g/mol. The van der Waals surface area contributed by atoms with E-state index in [1.807, 2.05) is 36.4 Å². The summed E-state index contributed by atoms with van der Waals surface area (Å²) < 4.78 is 26.4. The zero-order valence-corrected chi connectivity index (χ0v) is 27.1. The molecule has 1 aliphatic heterocycles. The summed E-state index contributed by atoms with van der Waals surface area (Å²) in [5.41, 5.74) is 4.08. The van der Waals surface area contributed by atoms with Crippen molar-refractivity contribution in [1.82, 2.24) is 10.2 Å². The van der Waals surface area contributed by atoms with Gasteiger partial charge in [-0.1, -0.05) is 72.2 Å². The van der Waals surface area contributed by atoms with Crippen molar-refractivity contribution in [2.45, 2.75) is 53.2 Å². The van der Waals surface area contributed by atoms with Crippen LogP contribution in [-0.4, -0.2) is 28.5 Å². The van der Waals surface area contributed by atoms with E-state index >= 15 is 0 Å². The molecule has 1 N–H and O–H groups in total. The van der Waals surface area contributed by atoms with Crippen molar-refractivity contribution in [2.24, 2.45) is 0 Å². The molecule has 1 atom stereocenters. The van der Waals surface area contributed by atoms with E-state index in [2.05, 4.69) is 35.1 Å². The fraction of sp³-hybridized carbons (Fsp3) is 0.265. The molecule has 9 heteroatoms. The van der Waals surface area contributed by atoms with Crippen LogP contribution >= 0.6 is 28.1 Å². The number of benzene rings is 3. The van der Waals surface area contributed by atoms with Crippen LogP contribution in [0.4, 0.5) is 4.39 Å². The molecule has 0 bridgehead atoms. The molecule has 1 heterocycles. The van der Waals surface area contributed by atoms with Crippen molar-refractivity contribution in [1.29, 1.82) is 0 Å². The molecular weight excluding hydrogens is 631 g/mol. The van der Waals surface area contributed by atoms with Gasteiger partial charge in [0.2, 0.25) is 0 Å². The Morgan fingerprint density at radius 2 is 1.81 bits per heavy atom. The van der Waals surface area contributed by atoms with Gasteiger partial charge in [0.15, 0.2) is 5.11 Å². The molecule has 0 spiro atoms. The molecule has 0 saturated carbocycles. The number of allylic oxidation sites excluding steroid dienone is 1. The minimum Gasteiger partial charge on any atom is -0.488 e. The zero-order chi connectivity index (χ0) is 31.3. The molecule has 1 unspecified atom stereocenters. The van der Waals surface area contributed by atoms with Crippen molar-refractivity contribution in [3.63, 3.8) is 0 Å². The largest absolute Gasteiger partial charge is 0.488 e. The molecule has 0 fully saturated rings. The second-order valence-electron chi connectivity index (χ2n) is 10.5. The fourth-order valence-electron chi connectivity index (χ4n) is 4.82. The molecular formula is C34H34BrFN2O4S. The summed E-state index contributed by atoms with van der Waals surface area (Å²) in [6, 6.07) is 18.8. The van der Waals surface area contributed by atoms with Crippen LogP contribution in [0.2, 0.25) is 0 Å². The summed E-state index contributed by atoms with van der Waals surface area (Å²) in [6.45, 7) is 9.57. The molecule has 0 aromatic heterocycles. The highest BCUT2D eigenvalue weighted by molar-refractivity contribution is 9.10. The summed E-state index contributed by atoms with van der Waals surface area (Å²) in [6.07, 6.45) is 1.69. The van der Waals surface area contributed by atoms with Gasteiger partial charge < -0.3 is 14.8 Å². The molecule has 3 aromatic rings. The van der Waals surface area contributed by atoms with Gasteiger partial charge >= 0.3 is 5.97 Å². The Bertz CT molecular complexity index is 1600. The van der Waals surface area contributed by atoms with Crippen LogP contribution < -0.4 is 10.1 Å². The molecule has 6 nitrogen and oxygen atoms in total. The van der Waals surface area contributed by atoms with Crippen molar-refractivity contribution < 1.29 is 23.5 Å². The Hall–Kier alpha value is -3.82. The molecule has 224 valence electrons. The minimum atomic E-state index is -0.802. The molecule has 3 aromatic carbocycles. The summed E-state index contributed by atoms with van der Waals surface area (Å²) in [4.78, 5) is 28.8. The Morgan fingerprint density at radius 3 is 2.47 bits per heavy atom. The molecule has 1 amide bonds. The van der Waals surface area contributed by atoms with Gasteiger partial charge in [0.1, 0.15) is 18.2 Å². The van der Waals surface area contributed by atoms with Gasteiger partial charge in [-0.15, -0.1) is 0 Å². The number of esters is 1. The van der Waals surface area contributed by atoms with Crippen molar-refractivity contribution in [3.05, 3.63) is 116 Å². The normalized spacial score (nSPS) is 15.4. The maximum Gasteiger partial charge on any atom is 0.338 e. The van der Waals surface area contributed by atoms with Gasteiger partial charge in [-0.2, -0.15) is 0 Å². The first-order valence-electron chi connectivity index (χ1n) is 14.0. The number of carbonyl (C=O) groups is 2. The highest BCUT2D eigenvalue weighted by Gasteiger charge is 2.40. The van der Waals surface area contributed by atoms with Crippen LogP contribution in [0.25, 0.3) is 6.08 Å². The number of carbonyl (C=O) groups excluding carboxylic acids is 2. The number of rotatable bonds is 9. The third-order valence-corrected chi connectivity index (χ3v) is 7.90. The summed E-state index contributed by atoms with van der Waals surface area (Å²) in [5, 5.41) is 3.21. The first-order valence-corrected chi connectivity index (χ1v) is 15.2. The van der Waals surface area contributed by atoms with E-state index in [1.54, 1.807) is 51.1 Å². The quantitative estimate of drug-likeness (QED) is 0.142. The fourth-order valence-corrected chi connectivity index (χ4v) is 5.54. The first kappa shape index (κ1) is 32.1. The lowest BCUT2D eigenvalue weighted by Gasteiger charge is -2.38. The van der Waals surface area contributed by atoms with E-state index in [0.717, 1.165) is 15.6 Å². The van der Waals surface area contributed by atoms with E-state index < -0.39 is 17.9 Å². The standard InChI is InChI=1S/C34H34BrFN2O4S/c1-6-41-33(40)30-22(5)37-34(43)38(31(30)24-13-11-23(12-14-24)20(2)3)32(39)21(4)17-26-18-27(35)15-16-29(26)42-19-25-9-7-8-10-28(25)36/h7-18,20,31H,6,19H2,1-5H3,(H,37,43)/b21-17+. The van der Waals surface area contributed by atoms with E-state index in [1.165, 1.54) is 11.0 Å². The smallest absolute Gasteiger partial charge is 0.338 e. The predicted octanol–water partition coefficient (Wildman–Crippen LogP) is 7.99. The minimum absolute atomic E-state index is 0.0175. The zero-order valence-electron chi connectivity index (χ0n) is 24.7. The average Bonchev–Trinajstić information content (AvgIpc) is 2.97. The number of halogens is 2. The van der Waals surface area contributed by atoms with Gasteiger partial charge in [0.05, 0.1) is 18.2 Å². The number of nitrogens with zero attached hydrogens (tertiary/aromatic N) is 1. The third kappa shape index (κ3) is 7.40. The maximum absolute atomic E-state index is 14.2. The topological polar surface area (TPSA) is 67.9 Å². The summed E-state index contributed by atoms with van der Waals surface area (Å²) in [5.74, 6) is -0.495. The van der Waals surface area contributed by atoms with Crippen molar-refractivity contribution in [2.75, 3.05) is 6.61 Å². The number of amides is 1. The summed E-state index contributed by atoms with van der Waals surface area (Å²) in [7, 11) is 0. The molecule has 43 heavy (non-hydrogen) atoms. The second-order valence-corrected chi connectivity index (χ2v) is 11.8. The number of hydrogen-bond donors (Lipinski definition) is 1. The lowest BCUT2D eigenvalue weighted by atomic mass is 9.91. The predicted molar refractivity (Wildman–Crippen MR) is 174 cm³/mol. The highest BCUT2D eigenvalue weighted by atomic mass is 79.9. The van der Waals surface area contributed by atoms with E-state index in [-0.39, 0.29) is 24.1 Å². The van der Waals surface area contributed by atoms with Crippen LogP contribution in [0.5, 0.6) is 5.75 Å². The van der Waals surface area contributed by atoms with Crippen LogP contribution in [-0.2, 0) is 20.9 Å². The monoisotopic (exact) mass is 664 g/mol. The van der Waals surface area contributed by atoms with Gasteiger partial charge in [0, 0.05) is 26.9 Å². The molecule has 1 aliphatic rings. The second kappa shape index (κ2) is 14.1. The van der Waals surface area contributed by atoms with Gasteiger partial charge in [-0.3, -0.25) is 9.69 Å². The number of ether oxygens (including phenoxy) is 2.